The van der Waals surface area contributed by atoms with Crippen molar-refractivity contribution in [3.05, 3.63) is 0 Å². The summed E-state index contributed by atoms with van der Waals surface area (Å²) < 4.78 is 49.8. The molecule has 2 heterocycles. The van der Waals surface area contributed by atoms with Crippen molar-refractivity contribution >= 4 is 6.09 Å². The predicted molar refractivity (Wildman–Crippen MR) is 73.5 cm³/mol. The van der Waals surface area contributed by atoms with Gasteiger partial charge in [0.2, 0.25) is 0 Å². The second-order valence-electron chi connectivity index (χ2n) is 7.01. The molecule has 0 aromatic heterocycles. The first-order chi connectivity index (χ1) is 10.0. The molecular weight excluding hydrogens is 301 g/mol. The maximum atomic E-state index is 13.2. The van der Waals surface area contributed by atoms with Gasteiger partial charge in [0, 0.05) is 5.41 Å². The summed E-state index contributed by atoms with van der Waals surface area (Å²) in [5, 5.41) is 5.54. The molecule has 2 aliphatic rings. The van der Waals surface area contributed by atoms with Crippen LogP contribution in [0.4, 0.5) is 18.0 Å². The average Bonchev–Trinajstić information content (AvgIpc) is 2.66. The number of amides is 1. The van der Waals surface area contributed by atoms with Crippen LogP contribution in [-0.2, 0) is 9.47 Å². The van der Waals surface area contributed by atoms with Gasteiger partial charge >= 0.3 is 12.3 Å². The van der Waals surface area contributed by atoms with Crippen LogP contribution in [0.15, 0.2) is 0 Å². The summed E-state index contributed by atoms with van der Waals surface area (Å²) in [7, 11) is 0. The number of nitrogens with one attached hydrogen (secondary N) is 2. The molecule has 0 unspecified atom stereocenters. The van der Waals surface area contributed by atoms with E-state index in [0.717, 1.165) is 0 Å². The summed E-state index contributed by atoms with van der Waals surface area (Å²) in [5.41, 5.74) is -1.46. The zero-order valence-electron chi connectivity index (χ0n) is 13.0. The van der Waals surface area contributed by atoms with Gasteiger partial charge in [0.15, 0.2) is 6.10 Å². The van der Waals surface area contributed by atoms with Crippen LogP contribution in [-0.4, -0.2) is 49.7 Å². The standard InChI is InChI=1S/C14H23F3N2O3/c1-12(2,3)22-11(20)19-9-10(14(15,16)17)21-8-13(9)4-6-18-7-5-13/h9-10,18H,4-8H2,1-3H3,(H,19,20)/t9-,10-/m1/s1. The normalized spacial score (nSPS) is 28.6. The smallest absolute Gasteiger partial charge is 0.416 e. The lowest BCUT2D eigenvalue weighted by Crippen LogP contribution is -2.57. The summed E-state index contributed by atoms with van der Waals surface area (Å²) in [5.74, 6) is 0. The molecule has 2 aliphatic heterocycles. The van der Waals surface area contributed by atoms with Crippen molar-refractivity contribution in [2.75, 3.05) is 19.7 Å². The van der Waals surface area contributed by atoms with E-state index in [1.54, 1.807) is 20.8 Å². The van der Waals surface area contributed by atoms with E-state index in [0.29, 0.717) is 25.9 Å². The Morgan fingerprint density at radius 3 is 2.36 bits per heavy atom. The van der Waals surface area contributed by atoms with Gasteiger partial charge in [-0.25, -0.2) is 4.79 Å². The van der Waals surface area contributed by atoms with E-state index in [4.69, 9.17) is 9.47 Å². The van der Waals surface area contributed by atoms with E-state index in [1.807, 2.05) is 0 Å². The SMILES string of the molecule is CC(C)(C)OC(=O)N[C@@H]1[C@H](C(F)(F)F)OCC12CCNCC2. The number of rotatable bonds is 1. The van der Waals surface area contributed by atoms with Gasteiger partial charge in [-0.05, 0) is 46.7 Å². The monoisotopic (exact) mass is 324 g/mol. The molecule has 2 N–H and O–H groups in total. The van der Waals surface area contributed by atoms with E-state index in [9.17, 15) is 18.0 Å². The number of alkyl carbamates (subject to hydrolysis) is 1. The Kier molecular flexibility index (Phi) is 4.64. The molecule has 2 fully saturated rings. The molecule has 0 aromatic carbocycles. The first-order valence-corrected chi connectivity index (χ1v) is 7.42. The lowest BCUT2D eigenvalue weighted by molar-refractivity contribution is -0.211. The Labute approximate surface area is 127 Å². The topological polar surface area (TPSA) is 59.6 Å². The maximum Gasteiger partial charge on any atom is 0.416 e. The maximum absolute atomic E-state index is 13.2. The molecule has 1 amide bonds. The fraction of sp³-hybridized carbons (Fsp3) is 0.929. The molecule has 22 heavy (non-hydrogen) atoms. The molecule has 1 spiro atoms. The minimum Gasteiger partial charge on any atom is -0.444 e. The van der Waals surface area contributed by atoms with Crippen molar-refractivity contribution in [2.24, 2.45) is 5.41 Å². The number of halogens is 3. The number of hydrogen-bond donors (Lipinski definition) is 2. The molecule has 5 nitrogen and oxygen atoms in total. The molecule has 0 bridgehead atoms. The van der Waals surface area contributed by atoms with Crippen LogP contribution in [0.2, 0.25) is 0 Å². The highest BCUT2D eigenvalue weighted by molar-refractivity contribution is 5.68. The van der Waals surface area contributed by atoms with Gasteiger partial charge in [0.1, 0.15) is 5.60 Å². The number of ether oxygens (including phenoxy) is 2. The molecule has 0 aromatic rings. The molecule has 2 atom stereocenters. The second kappa shape index (κ2) is 5.88. The van der Waals surface area contributed by atoms with Gasteiger partial charge in [-0.1, -0.05) is 0 Å². The average molecular weight is 324 g/mol. The Hall–Kier alpha value is -1.02. The first-order valence-electron chi connectivity index (χ1n) is 7.42. The van der Waals surface area contributed by atoms with Crippen molar-refractivity contribution in [2.45, 2.75) is 57.5 Å². The Morgan fingerprint density at radius 2 is 1.86 bits per heavy atom. The number of carbonyl (C=O) groups is 1. The summed E-state index contributed by atoms with van der Waals surface area (Å²) in [6, 6.07) is -1.12. The van der Waals surface area contributed by atoms with E-state index >= 15 is 0 Å². The van der Waals surface area contributed by atoms with Crippen molar-refractivity contribution in [3.63, 3.8) is 0 Å². The quantitative estimate of drug-likeness (QED) is 0.776. The van der Waals surface area contributed by atoms with Crippen molar-refractivity contribution in [1.82, 2.24) is 10.6 Å². The Balaban J connectivity index is 2.17. The van der Waals surface area contributed by atoms with Crippen molar-refractivity contribution < 1.29 is 27.4 Å². The van der Waals surface area contributed by atoms with Gasteiger partial charge < -0.3 is 20.1 Å². The highest BCUT2D eigenvalue weighted by Gasteiger charge is 2.60. The van der Waals surface area contributed by atoms with Crippen LogP contribution in [0.3, 0.4) is 0 Å². The van der Waals surface area contributed by atoms with E-state index in [-0.39, 0.29) is 6.61 Å². The van der Waals surface area contributed by atoms with Crippen LogP contribution >= 0.6 is 0 Å². The lowest BCUT2D eigenvalue weighted by atomic mass is 9.73. The first kappa shape index (κ1) is 17.3. The Bertz CT molecular complexity index is 415. The van der Waals surface area contributed by atoms with Gasteiger partial charge in [0.25, 0.3) is 0 Å². The van der Waals surface area contributed by atoms with Crippen LogP contribution in [0.25, 0.3) is 0 Å². The highest BCUT2D eigenvalue weighted by atomic mass is 19.4. The van der Waals surface area contributed by atoms with Gasteiger partial charge in [0.05, 0.1) is 12.6 Å². The highest BCUT2D eigenvalue weighted by Crippen LogP contribution is 2.45. The minimum absolute atomic E-state index is 0.000673. The van der Waals surface area contributed by atoms with Gasteiger partial charge in [-0.3, -0.25) is 0 Å². The molecule has 2 saturated heterocycles. The van der Waals surface area contributed by atoms with Gasteiger partial charge in [-0.15, -0.1) is 0 Å². The van der Waals surface area contributed by atoms with Gasteiger partial charge in [-0.2, -0.15) is 13.2 Å². The number of hydrogen-bond acceptors (Lipinski definition) is 4. The van der Waals surface area contributed by atoms with Crippen LogP contribution < -0.4 is 10.6 Å². The summed E-state index contributed by atoms with van der Waals surface area (Å²) in [4.78, 5) is 11.9. The Morgan fingerprint density at radius 1 is 1.27 bits per heavy atom. The summed E-state index contributed by atoms with van der Waals surface area (Å²) in [6.45, 7) is 6.22. The molecule has 2 rings (SSSR count). The third-order valence-electron chi connectivity index (χ3n) is 4.11. The van der Waals surface area contributed by atoms with Crippen LogP contribution in [0, 0.1) is 5.41 Å². The van der Waals surface area contributed by atoms with Crippen molar-refractivity contribution in [1.29, 1.82) is 0 Å². The zero-order chi connectivity index (χ0) is 16.6. The van der Waals surface area contributed by atoms with E-state index in [1.165, 1.54) is 0 Å². The largest absolute Gasteiger partial charge is 0.444 e. The van der Waals surface area contributed by atoms with E-state index in [2.05, 4.69) is 10.6 Å². The summed E-state index contributed by atoms with van der Waals surface area (Å²) >= 11 is 0. The summed E-state index contributed by atoms with van der Waals surface area (Å²) in [6.07, 6.45) is -6.29. The predicted octanol–water partition coefficient (Wildman–Crippen LogP) is 2.21. The van der Waals surface area contributed by atoms with Crippen LogP contribution in [0.1, 0.15) is 33.6 Å². The lowest BCUT2D eigenvalue weighted by Gasteiger charge is -2.39. The third kappa shape index (κ3) is 3.84. The molecular formula is C14H23F3N2O3. The minimum atomic E-state index is -4.52. The van der Waals surface area contributed by atoms with Crippen molar-refractivity contribution in [3.8, 4) is 0 Å². The molecule has 8 heteroatoms. The fourth-order valence-electron chi connectivity index (χ4n) is 3.09. The fourth-order valence-corrected chi connectivity index (χ4v) is 3.09. The molecule has 0 aliphatic carbocycles. The van der Waals surface area contributed by atoms with Crippen LogP contribution in [0.5, 0.6) is 0 Å². The molecule has 0 saturated carbocycles. The molecule has 0 radical (unpaired) electrons. The zero-order valence-corrected chi connectivity index (χ0v) is 13.0. The number of piperidine rings is 1. The van der Waals surface area contributed by atoms with E-state index < -0.39 is 35.4 Å². The number of carbonyl (C=O) groups excluding carboxylic acids is 1. The number of alkyl halides is 3. The second-order valence-corrected chi connectivity index (χ2v) is 7.01. The third-order valence-corrected chi connectivity index (χ3v) is 4.11. The molecule has 128 valence electrons.